The Balaban J connectivity index is 1.68. The van der Waals surface area contributed by atoms with Gasteiger partial charge in [-0.05, 0) is 25.0 Å². The van der Waals surface area contributed by atoms with Gasteiger partial charge in [0.25, 0.3) is 0 Å². The van der Waals surface area contributed by atoms with E-state index in [1.165, 1.54) is 0 Å². The molecule has 0 saturated carbocycles. The molecule has 3 rings (SSSR count). The van der Waals surface area contributed by atoms with Gasteiger partial charge >= 0.3 is 0 Å². The van der Waals surface area contributed by atoms with Crippen LogP contribution in [-0.2, 0) is 10.0 Å². The standard InChI is InChI=1S/C19H31N7O2S/c1-3-7-17(23-29(27,28)18(8-4-2)26-12-6-11-22-26)24-13-15-25(16-14-24)19-20-9-5-10-21-19/h5-6,9-12,17-18,23H,3-4,7-8,13-16H2,1-2H3. The van der Waals surface area contributed by atoms with Gasteiger partial charge in [-0.25, -0.2) is 18.4 Å². The molecule has 2 unspecified atom stereocenters. The molecule has 1 fully saturated rings. The highest BCUT2D eigenvalue weighted by Gasteiger charge is 2.32. The van der Waals surface area contributed by atoms with Gasteiger partial charge in [0.2, 0.25) is 16.0 Å². The van der Waals surface area contributed by atoms with Crippen molar-refractivity contribution in [3.8, 4) is 0 Å². The summed E-state index contributed by atoms with van der Waals surface area (Å²) in [6, 6.07) is 3.56. The van der Waals surface area contributed by atoms with Crippen LogP contribution < -0.4 is 9.62 Å². The first-order valence-electron chi connectivity index (χ1n) is 10.3. The molecule has 2 aromatic rings. The highest BCUT2D eigenvalue weighted by Crippen LogP contribution is 2.21. The smallest absolute Gasteiger partial charge is 0.236 e. The average Bonchev–Trinajstić information content (AvgIpc) is 3.26. The summed E-state index contributed by atoms with van der Waals surface area (Å²) >= 11 is 0. The molecule has 0 amide bonds. The van der Waals surface area contributed by atoms with Gasteiger partial charge in [-0.3, -0.25) is 9.58 Å². The predicted octanol–water partition coefficient (Wildman–Crippen LogP) is 1.84. The summed E-state index contributed by atoms with van der Waals surface area (Å²) in [5, 5.41) is 3.48. The summed E-state index contributed by atoms with van der Waals surface area (Å²) in [6.07, 6.45) is 9.54. The average molecular weight is 422 g/mol. The molecule has 10 heteroatoms. The number of hydrogen-bond donors (Lipinski definition) is 1. The first-order chi connectivity index (χ1) is 14.0. The number of piperazine rings is 1. The van der Waals surface area contributed by atoms with E-state index in [0.717, 1.165) is 51.4 Å². The Morgan fingerprint density at radius 2 is 1.69 bits per heavy atom. The van der Waals surface area contributed by atoms with Crippen molar-refractivity contribution >= 4 is 16.0 Å². The van der Waals surface area contributed by atoms with Gasteiger partial charge in [0.1, 0.15) is 0 Å². The number of nitrogens with one attached hydrogen (secondary N) is 1. The van der Waals surface area contributed by atoms with Crippen LogP contribution in [0.1, 0.15) is 44.9 Å². The van der Waals surface area contributed by atoms with Crippen LogP contribution in [0.4, 0.5) is 5.95 Å². The third-order valence-electron chi connectivity index (χ3n) is 5.17. The minimum Gasteiger partial charge on any atom is -0.338 e. The molecule has 2 aromatic heterocycles. The third kappa shape index (κ3) is 5.52. The molecule has 1 aliphatic rings. The topological polar surface area (TPSA) is 96.2 Å². The summed E-state index contributed by atoms with van der Waals surface area (Å²) in [4.78, 5) is 13.0. The lowest BCUT2D eigenvalue weighted by Crippen LogP contribution is -2.56. The largest absolute Gasteiger partial charge is 0.338 e. The van der Waals surface area contributed by atoms with Crippen molar-refractivity contribution in [2.24, 2.45) is 0 Å². The number of aromatic nitrogens is 4. The van der Waals surface area contributed by atoms with Gasteiger partial charge in [0.05, 0.1) is 6.17 Å². The summed E-state index contributed by atoms with van der Waals surface area (Å²) in [6.45, 7) is 7.11. The van der Waals surface area contributed by atoms with E-state index in [-0.39, 0.29) is 6.17 Å². The van der Waals surface area contributed by atoms with E-state index in [4.69, 9.17) is 0 Å². The molecule has 3 heterocycles. The Hall–Kier alpha value is -2.04. The van der Waals surface area contributed by atoms with Crippen LogP contribution in [-0.4, -0.2) is 65.4 Å². The summed E-state index contributed by atoms with van der Waals surface area (Å²) < 4.78 is 30.9. The van der Waals surface area contributed by atoms with Gasteiger partial charge in [0.15, 0.2) is 5.37 Å². The van der Waals surface area contributed by atoms with E-state index in [1.54, 1.807) is 41.6 Å². The maximum atomic E-state index is 13.2. The molecule has 160 valence electrons. The van der Waals surface area contributed by atoms with Gasteiger partial charge < -0.3 is 4.90 Å². The Bertz CT molecular complexity index is 822. The summed E-state index contributed by atoms with van der Waals surface area (Å²) in [7, 11) is -3.57. The van der Waals surface area contributed by atoms with E-state index in [1.807, 2.05) is 6.92 Å². The molecule has 0 spiro atoms. The van der Waals surface area contributed by atoms with Crippen molar-refractivity contribution in [1.82, 2.24) is 29.4 Å². The fraction of sp³-hybridized carbons (Fsp3) is 0.632. The second-order valence-electron chi connectivity index (χ2n) is 7.27. The zero-order valence-corrected chi connectivity index (χ0v) is 18.0. The molecule has 0 aliphatic carbocycles. The molecule has 1 N–H and O–H groups in total. The Labute approximate surface area is 173 Å². The molecule has 2 atom stereocenters. The molecule has 1 aliphatic heterocycles. The van der Waals surface area contributed by atoms with Crippen molar-refractivity contribution in [2.75, 3.05) is 31.1 Å². The van der Waals surface area contributed by atoms with Crippen molar-refractivity contribution in [1.29, 1.82) is 0 Å². The van der Waals surface area contributed by atoms with Crippen molar-refractivity contribution in [2.45, 2.75) is 51.1 Å². The van der Waals surface area contributed by atoms with Crippen LogP contribution in [0.2, 0.25) is 0 Å². The molecule has 1 saturated heterocycles. The molecule has 9 nitrogen and oxygen atoms in total. The van der Waals surface area contributed by atoms with Gasteiger partial charge in [-0.15, -0.1) is 0 Å². The van der Waals surface area contributed by atoms with Crippen LogP contribution in [0.5, 0.6) is 0 Å². The monoisotopic (exact) mass is 421 g/mol. The minimum atomic E-state index is -3.57. The van der Waals surface area contributed by atoms with E-state index >= 15 is 0 Å². The first kappa shape index (κ1) is 21.7. The maximum absolute atomic E-state index is 13.2. The van der Waals surface area contributed by atoms with Gasteiger partial charge in [0, 0.05) is 51.0 Å². The molecule has 0 aromatic carbocycles. The number of nitrogens with zero attached hydrogens (tertiary/aromatic N) is 6. The Kier molecular flexibility index (Phi) is 7.57. The second-order valence-corrected chi connectivity index (χ2v) is 9.14. The van der Waals surface area contributed by atoms with Crippen molar-refractivity contribution < 1.29 is 8.42 Å². The van der Waals surface area contributed by atoms with Crippen molar-refractivity contribution in [3.05, 3.63) is 36.9 Å². The quantitative estimate of drug-likeness (QED) is 0.625. The van der Waals surface area contributed by atoms with Gasteiger partial charge in [-0.2, -0.15) is 9.82 Å². The normalized spacial score (nSPS) is 17.9. The summed E-state index contributed by atoms with van der Waals surface area (Å²) in [5.74, 6) is 0.724. The number of anilines is 1. The van der Waals surface area contributed by atoms with Crippen LogP contribution in [0.25, 0.3) is 0 Å². The van der Waals surface area contributed by atoms with Gasteiger partial charge in [-0.1, -0.05) is 26.7 Å². The molecule has 0 radical (unpaired) electrons. The fourth-order valence-electron chi connectivity index (χ4n) is 3.67. The maximum Gasteiger partial charge on any atom is 0.236 e. The number of rotatable bonds is 10. The van der Waals surface area contributed by atoms with E-state index < -0.39 is 15.4 Å². The zero-order chi connectivity index (χ0) is 20.7. The predicted molar refractivity (Wildman–Crippen MR) is 113 cm³/mol. The Morgan fingerprint density at radius 3 is 2.28 bits per heavy atom. The lowest BCUT2D eigenvalue weighted by molar-refractivity contribution is 0.164. The lowest BCUT2D eigenvalue weighted by Gasteiger charge is -2.39. The minimum absolute atomic E-state index is 0.223. The fourth-order valence-corrected chi connectivity index (χ4v) is 5.43. The lowest BCUT2D eigenvalue weighted by atomic mass is 10.2. The second kappa shape index (κ2) is 10.1. The molecule has 0 bridgehead atoms. The molecular weight excluding hydrogens is 390 g/mol. The van der Waals surface area contributed by atoms with Crippen molar-refractivity contribution in [3.63, 3.8) is 0 Å². The summed E-state index contributed by atoms with van der Waals surface area (Å²) in [5.41, 5.74) is 0. The van der Waals surface area contributed by atoms with E-state index in [0.29, 0.717) is 6.42 Å². The third-order valence-corrected chi connectivity index (χ3v) is 6.93. The van der Waals surface area contributed by atoms with Crippen LogP contribution in [0, 0.1) is 0 Å². The van der Waals surface area contributed by atoms with E-state index in [2.05, 4.69) is 36.5 Å². The Morgan fingerprint density at radius 1 is 1.00 bits per heavy atom. The highest BCUT2D eigenvalue weighted by atomic mass is 32.2. The first-order valence-corrected chi connectivity index (χ1v) is 11.9. The zero-order valence-electron chi connectivity index (χ0n) is 17.2. The van der Waals surface area contributed by atoms with Crippen LogP contribution in [0.15, 0.2) is 36.9 Å². The SMILES string of the molecule is CCCC(NS(=O)(=O)C(CCC)n1cccn1)N1CCN(c2ncccn2)CC1. The van der Waals surface area contributed by atoms with Crippen LogP contribution in [0.3, 0.4) is 0 Å². The number of hydrogen-bond acceptors (Lipinski definition) is 7. The number of sulfonamides is 1. The molecule has 29 heavy (non-hydrogen) atoms. The highest BCUT2D eigenvalue weighted by molar-refractivity contribution is 7.89. The molecular formula is C19H31N7O2S. The van der Waals surface area contributed by atoms with E-state index in [9.17, 15) is 8.42 Å². The van der Waals surface area contributed by atoms with Crippen LogP contribution >= 0.6 is 0 Å².